The molecule has 0 saturated carbocycles. The van der Waals surface area contributed by atoms with Crippen LogP contribution in [0.5, 0.6) is 5.75 Å². The highest BCUT2D eigenvalue weighted by Crippen LogP contribution is 2.21. The van der Waals surface area contributed by atoms with Crippen LogP contribution in [0.1, 0.15) is 17.2 Å². The van der Waals surface area contributed by atoms with Crippen molar-refractivity contribution in [3.8, 4) is 5.75 Å². The number of halogens is 2. The van der Waals surface area contributed by atoms with Gasteiger partial charge >= 0.3 is 0 Å². The number of benzene rings is 1. The minimum atomic E-state index is -0.566. The van der Waals surface area contributed by atoms with Crippen LogP contribution in [0.3, 0.4) is 0 Å². The molecule has 10 heteroatoms. The molecule has 0 spiro atoms. The van der Waals surface area contributed by atoms with Crippen LogP contribution >= 0.6 is 23.2 Å². The highest BCUT2D eigenvalue weighted by Gasteiger charge is 2.11. The Labute approximate surface area is 128 Å². The van der Waals surface area contributed by atoms with E-state index in [-0.39, 0.29) is 28.8 Å². The van der Waals surface area contributed by atoms with Crippen LogP contribution in [-0.2, 0) is 11.8 Å². The molecule has 0 atom stereocenters. The number of nitrogens with zero attached hydrogens (tertiary/aromatic N) is 5. The topological polar surface area (TPSA) is 106 Å². The summed E-state index contributed by atoms with van der Waals surface area (Å²) >= 11 is 11.4. The maximum atomic E-state index is 10.7. The molecule has 0 aliphatic carbocycles. The average molecular weight is 330 g/mol. The molecule has 0 amide bonds. The fourth-order valence-corrected chi connectivity index (χ4v) is 1.86. The zero-order chi connectivity index (χ0) is 15.4. The van der Waals surface area contributed by atoms with Crippen molar-refractivity contribution in [2.24, 2.45) is 5.10 Å². The van der Waals surface area contributed by atoms with Crippen molar-refractivity contribution < 1.29 is 10.0 Å². The second-order valence-electron chi connectivity index (χ2n) is 3.86. The number of nitro groups is 1. The van der Waals surface area contributed by atoms with Crippen LogP contribution in [0, 0.1) is 10.1 Å². The third kappa shape index (κ3) is 3.29. The number of alkyl halides is 2. The Morgan fingerprint density at radius 2 is 1.95 bits per heavy atom. The number of phenolic OH excluding ortho intramolecular Hbond substituents is 1. The SMILES string of the molecule is O=[N+]([O-])c1ccc(O)c(/C=N/n2c(CCl)nnc2CCl)c1. The number of phenols is 1. The summed E-state index contributed by atoms with van der Waals surface area (Å²) in [5.74, 6) is 0.740. The van der Waals surface area contributed by atoms with Crippen molar-refractivity contribution in [2.45, 2.75) is 11.8 Å². The van der Waals surface area contributed by atoms with Crippen LogP contribution in [-0.4, -0.2) is 31.1 Å². The second kappa shape index (κ2) is 6.51. The lowest BCUT2D eigenvalue weighted by molar-refractivity contribution is -0.384. The van der Waals surface area contributed by atoms with Crippen LogP contribution in [0.15, 0.2) is 23.3 Å². The van der Waals surface area contributed by atoms with Crippen molar-refractivity contribution in [1.82, 2.24) is 14.9 Å². The van der Waals surface area contributed by atoms with Gasteiger partial charge in [-0.1, -0.05) is 0 Å². The average Bonchev–Trinajstić information content (AvgIpc) is 2.88. The lowest BCUT2D eigenvalue weighted by Gasteiger charge is -2.01. The van der Waals surface area contributed by atoms with Crippen molar-refractivity contribution in [3.05, 3.63) is 45.5 Å². The molecule has 2 rings (SSSR count). The molecule has 1 N–H and O–H groups in total. The monoisotopic (exact) mass is 329 g/mol. The van der Waals surface area contributed by atoms with Crippen molar-refractivity contribution >= 4 is 35.1 Å². The summed E-state index contributed by atoms with van der Waals surface area (Å²) in [7, 11) is 0. The third-order valence-corrected chi connectivity index (χ3v) is 3.02. The van der Waals surface area contributed by atoms with E-state index in [1.165, 1.54) is 29.1 Å². The molecule has 1 heterocycles. The van der Waals surface area contributed by atoms with Gasteiger partial charge in [-0.2, -0.15) is 9.78 Å². The number of aromatic hydroxyl groups is 1. The summed E-state index contributed by atoms with van der Waals surface area (Å²) < 4.78 is 1.32. The molecule has 1 aromatic carbocycles. The van der Waals surface area contributed by atoms with E-state index >= 15 is 0 Å². The van der Waals surface area contributed by atoms with Crippen molar-refractivity contribution in [3.63, 3.8) is 0 Å². The predicted molar refractivity (Wildman–Crippen MR) is 76.9 cm³/mol. The Hall–Kier alpha value is -2.19. The molecule has 0 aliphatic heterocycles. The Kier molecular flexibility index (Phi) is 4.71. The van der Waals surface area contributed by atoms with E-state index in [0.29, 0.717) is 11.6 Å². The van der Waals surface area contributed by atoms with E-state index in [1.807, 2.05) is 0 Å². The fourth-order valence-electron chi connectivity index (χ4n) is 1.53. The van der Waals surface area contributed by atoms with Gasteiger partial charge in [0, 0.05) is 17.7 Å². The second-order valence-corrected chi connectivity index (χ2v) is 4.39. The van der Waals surface area contributed by atoms with Gasteiger partial charge in [-0.05, 0) is 6.07 Å². The highest BCUT2D eigenvalue weighted by molar-refractivity contribution is 6.17. The lowest BCUT2D eigenvalue weighted by Crippen LogP contribution is -2.00. The van der Waals surface area contributed by atoms with Gasteiger partial charge in [-0.25, -0.2) is 0 Å². The molecule has 1 aromatic heterocycles. The molecule has 0 bridgehead atoms. The largest absolute Gasteiger partial charge is 0.507 e. The quantitative estimate of drug-likeness (QED) is 0.392. The molecule has 0 radical (unpaired) electrons. The zero-order valence-electron chi connectivity index (χ0n) is 10.5. The molecular formula is C11H9Cl2N5O3. The Balaban J connectivity index is 2.39. The molecule has 0 aliphatic rings. The number of non-ortho nitro benzene ring substituents is 1. The van der Waals surface area contributed by atoms with Crippen LogP contribution in [0.4, 0.5) is 5.69 Å². The first-order valence-electron chi connectivity index (χ1n) is 5.63. The first-order valence-corrected chi connectivity index (χ1v) is 6.70. The Morgan fingerprint density at radius 3 is 2.48 bits per heavy atom. The van der Waals surface area contributed by atoms with E-state index in [4.69, 9.17) is 23.2 Å². The van der Waals surface area contributed by atoms with Crippen LogP contribution < -0.4 is 0 Å². The van der Waals surface area contributed by atoms with Gasteiger partial charge in [-0.15, -0.1) is 33.4 Å². The van der Waals surface area contributed by atoms with Gasteiger partial charge in [0.2, 0.25) is 0 Å². The van der Waals surface area contributed by atoms with E-state index < -0.39 is 4.92 Å². The first kappa shape index (κ1) is 15.2. The number of hydrogen-bond acceptors (Lipinski definition) is 6. The summed E-state index contributed by atoms with van der Waals surface area (Å²) in [5.41, 5.74) is 0.0204. The zero-order valence-corrected chi connectivity index (χ0v) is 12.0. The molecule has 21 heavy (non-hydrogen) atoms. The Bertz CT molecular complexity index is 680. The maximum absolute atomic E-state index is 10.7. The predicted octanol–water partition coefficient (Wildman–Crippen LogP) is 2.25. The smallest absolute Gasteiger partial charge is 0.270 e. The normalized spacial score (nSPS) is 11.1. The Morgan fingerprint density at radius 1 is 1.33 bits per heavy atom. The summed E-state index contributed by atoms with van der Waals surface area (Å²) in [6, 6.07) is 3.61. The van der Waals surface area contributed by atoms with E-state index in [1.54, 1.807) is 0 Å². The summed E-state index contributed by atoms with van der Waals surface area (Å²) in [5, 5.41) is 32.1. The summed E-state index contributed by atoms with van der Waals surface area (Å²) in [6.07, 6.45) is 1.25. The van der Waals surface area contributed by atoms with Crippen molar-refractivity contribution in [2.75, 3.05) is 0 Å². The van der Waals surface area contributed by atoms with Crippen LogP contribution in [0.25, 0.3) is 0 Å². The highest BCUT2D eigenvalue weighted by atomic mass is 35.5. The van der Waals surface area contributed by atoms with Crippen molar-refractivity contribution in [1.29, 1.82) is 0 Å². The summed E-state index contributed by atoms with van der Waals surface area (Å²) in [4.78, 5) is 10.2. The van der Waals surface area contributed by atoms with Gasteiger partial charge in [-0.3, -0.25) is 10.1 Å². The number of nitro benzene ring substituents is 1. The van der Waals surface area contributed by atoms with Crippen LogP contribution in [0.2, 0.25) is 0 Å². The van der Waals surface area contributed by atoms with Gasteiger partial charge in [0.1, 0.15) is 5.75 Å². The van der Waals surface area contributed by atoms with Gasteiger partial charge < -0.3 is 5.11 Å². The molecule has 0 unspecified atom stereocenters. The number of rotatable bonds is 5. The number of aromatic nitrogens is 3. The minimum Gasteiger partial charge on any atom is -0.507 e. The van der Waals surface area contributed by atoms with Gasteiger partial charge in [0.05, 0.1) is 22.9 Å². The van der Waals surface area contributed by atoms with E-state index in [0.717, 1.165) is 0 Å². The molecule has 110 valence electrons. The molecule has 8 nitrogen and oxygen atoms in total. The standard InChI is InChI=1S/C11H9Cl2N5O3/c12-4-10-15-16-11(5-13)17(10)14-6-7-3-8(18(20)21)1-2-9(7)19/h1-3,6,19H,4-5H2/b14-6+. The van der Waals surface area contributed by atoms with E-state index in [9.17, 15) is 15.2 Å². The number of hydrogen-bond donors (Lipinski definition) is 1. The van der Waals surface area contributed by atoms with E-state index in [2.05, 4.69) is 15.3 Å². The lowest BCUT2D eigenvalue weighted by atomic mass is 10.2. The molecule has 0 saturated heterocycles. The molecule has 2 aromatic rings. The maximum Gasteiger partial charge on any atom is 0.270 e. The third-order valence-electron chi connectivity index (χ3n) is 2.54. The van der Waals surface area contributed by atoms with Gasteiger partial charge in [0.15, 0.2) is 11.6 Å². The molecule has 0 fully saturated rings. The van der Waals surface area contributed by atoms with Gasteiger partial charge in [0.25, 0.3) is 5.69 Å². The summed E-state index contributed by atoms with van der Waals surface area (Å²) in [6.45, 7) is 0. The minimum absolute atomic E-state index is 0.0716. The molecular weight excluding hydrogens is 321 g/mol. The first-order chi connectivity index (χ1) is 10.1. The fraction of sp³-hybridized carbons (Fsp3) is 0.182.